The van der Waals surface area contributed by atoms with Crippen molar-refractivity contribution < 1.29 is 18.0 Å². The van der Waals surface area contributed by atoms with Crippen LogP contribution in [-0.2, 0) is 21.4 Å². The maximum Gasteiger partial charge on any atom is 0.330 e. The van der Waals surface area contributed by atoms with E-state index in [1.165, 1.54) is 39.4 Å². The minimum Gasteiger partial charge on any atom is -0.383 e. The lowest BCUT2D eigenvalue weighted by atomic mass is 10.2. The van der Waals surface area contributed by atoms with E-state index in [1.54, 1.807) is 24.3 Å². The van der Waals surface area contributed by atoms with Gasteiger partial charge in [-0.05, 0) is 23.8 Å². The molecule has 0 fully saturated rings. The van der Waals surface area contributed by atoms with Crippen LogP contribution in [0.5, 0.6) is 0 Å². The zero-order chi connectivity index (χ0) is 24.3. The van der Waals surface area contributed by atoms with E-state index in [0.717, 1.165) is 21.1 Å². The van der Waals surface area contributed by atoms with E-state index in [2.05, 4.69) is 4.98 Å². The third kappa shape index (κ3) is 4.72. The number of anilines is 2. The zero-order valence-corrected chi connectivity index (χ0v) is 19.0. The summed E-state index contributed by atoms with van der Waals surface area (Å²) in [4.78, 5) is 45.7. The quantitative estimate of drug-likeness (QED) is 0.478. The molecule has 3 N–H and O–H groups in total. The second kappa shape index (κ2) is 9.40. The fourth-order valence-corrected chi connectivity index (χ4v) is 4.18. The van der Waals surface area contributed by atoms with Gasteiger partial charge in [0.15, 0.2) is 5.69 Å². The molecule has 0 saturated carbocycles. The molecule has 0 unspecified atom stereocenters. The second-order valence-electron chi connectivity index (χ2n) is 7.05. The number of carbonyl (C=O) groups excluding carboxylic acids is 1. The summed E-state index contributed by atoms with van der Waals surface area (Å²) in [6.07, 6.45) is 0. The molecule has 0 aliphatic rings. The van der Waals surface area contributed by atoms with Gasteiger partial charge in [-0.15, -0.1) is 0 Å². The Kier molecular flexibility index (Phi) is 6.81. The first-order valence-corrected chi connectivity index (χ1v) is 11.1. The van der Waals surface area contributed by atoms with E-state index < -0.39 is 27.2 Å². The number of nitrogens with one attached hydrogen (secondary N) is 1. The van der Waals surface area contributed by atoms with E-state index in [1.807, 2.05) is 6.07 Å². The molecule has 1 aromatic heterocycles. The Morgan fingerprint density at radius 3 is 2.39 bits per heavy atom. The predicted molar refractivity (Wildman–Crippen MR) is 122 cm³/mol. The lowest BCUT2D eigenvalue weighted by Crippen LogP contribution is -2.39. The number of nitrogens with two attached hydrogens (primary N) is 1. The standard InChI is InChI=1S/C21H23N5O6S/c1-24(20(28)15-10-7-11-16(12-15)33(30,31)25(2)32-3)17-18(22)26(21(29)23-19(17)27)13-14-8-5-4-6-9-14/h4-12H,13,22H2,1-3H3,(H,23,27,29). The first kappa shape index (κ1) is 23.9. The molecule has 0 atom stereocenters. The number of nitrogens with zero attached hydrogens (tertiary/aromatic N) is 3. The average Bonchev–Trinajstić information content (AvgIpc) is 2.81. The molecular weight excluding hydrogens is 450 g/mol. The van der Waals surface area contributed by atoms with E-state index in [9.17, 15) is 22.8 Å². The summed E-state index contributed by atoms with van der Waals surface area (Å²) in [7, 11) is -0.279. The van der Waals surface area contributed by atoms with Gasteiger partial charge in [0.05, 0.1) is 18.6 Å². The summed E-state index contributed by atoms with van der Waals surface area (Å²) in [5, 5.41) is 0. The largest absolute Gasteiger partial charge is 0.383 e. The van der Waals surface area contributed by atoms with Crippen LogP contribution in [0.25, 0.3) is 0 Å². The molecule has 1 heterocycles. The van der Waals surface area contributed by atoms with Crippen molar-refractivity contribution in [1.29, 1.82) is 0 Å². The first-order chi connectivity index (χ1) is 15.6. The number of carbonyl (C=O) groups is 1. The van der Waals surface area contributed by atoms with Crippen LogP contribution in [0.2, 0.25) is 0 Å². The van der Waals surface area contributed by atoms with Crippen LogP contribution in [0.1, 0.15) is 15.9 Å². The molecule has 2 aromatic carbocycles. The van der Waals surface area contributed by atoms with E-state index in [-0.39, 0.29) is 28.5 Å². The van der Waals surface area contributed by atoms with Crippen LogP contribution in [0.3, 0.4) is 0 Å². The maximum absolute atomic E-state index is 13.1. The lowest BCUT2D eigenvalue weighted by Gasteiger charge is -2.21. The van der Waals surface area contributed by atoms with Gasteiger partial charge in [0.1, 0.15) is 5.82 Å². The number of sulfonamides is 1. The molecule has 0 saturated heterocycles. The molecule has 11 nitrogen and oxygen atoms in total. The van der Waals surface area contributed by atoms with Crippen molar-refractivity contribution >= 4 is 27.4 Å². The molecule has 12 heteroatoms. The normalized spacial score (nSPS) is 11.5. The van der Waals surface area contributed by atoms with Crippen molar-refractivity contribution in [2.45, 2.75) is 11.4 Å². The molecule has 0 bridgehead atoms. The van der Waals surface area contributed by atoms with Crippen molar-refractivity contribution in [2.24, 2.45) is 0 Å². The summed E-state index contributed by atoms with van der Waals surface area (Å²) >= 11 is 0. The minimum absolute atomic E-state index is 0.0114. The number of benzene rings is 2. The number of amides is 1. The molecular formula is C21H23N5O6S. The Bertz CT molecular complexity index is 1400. The summed E-state index contributed by atoms with van der Waals surface area (Å²) < 4.78 is 26.8. The summed E-state index contributed by atoms with van der Waals surface area (Å²) in [5.74, 6) is -0.902. The molecule has 3 rings (SSSR count). The fourth-order valence-electron chi connectivity index (χ4n) is 3.16. The monoisotopic (exact) mass is 473 g/mol. The number of aromatic nitrogens is 2. The van der Waals surface area contributed by atoms with Crippen LogP contribution >= 0.6 is 0 Å². The highest BCUT2D eigenvalue weighted by Gasteiger charge is 2.25. The Balaban J connectivity index is 2.02. The van der Waals surface area contributed by atoms with Gasteiger partial charge in [0, 0.05) is 19.7 Å². The van der Waals surface area contributed by atoms with Crippen molar-refractivity contribution in [1.82, 2.24) is 14.0 Å². The number of hydrogen-bond donors (Lipinski definition) is 2. The van der Waals surface area contributed by atoms with Crippen LogP contribution in [0, 0.1) is 0 Å². The van der Waals surface area contributed by atoms with Crippen molar-refractivity contribution in [3.63, 3.8) is 0 Å². The number of hydrogen-bond acceptors (Lipinski definition) is 7. The Hall–Kier alpha value is -3.74. The van der Waals surface area contributed by atoms with Crippen molar-refractivity contribution in [2.75, 3.05) is 31.8 Å². The summed E-state index contributed by atoms with van der Waals surface area (Å²) in [6.45, 7) is 0.0778. The smallest absolute Gasteiger partial charge is 0.330 e. The molecule has 1 amide bonds. The Labute approximate surface area is 189 Å². The topological polar surface area (TPSA) is 148 Å². The fraction of sp³-hybridized carbons (Fsp3) is 0.190. The molecule has 33 heavy (non-hydrogen) atoms. The number of H-pyrrole nitrogens is 1. The van der Waals surface area contributed by atoms with Crippen LogP contribution in [0.15, 0.2) is 69.1 Å². The second-order valence-corrected chi connectivity index (χ2v) is 8.99. The number of rotatable bonds is 7. The SMILES string of the molecule is CON(C)S(=O)(=O)c1cccc(C(=O)N(C)c2c(N)n(Cc3ccccc3)c(=O)[nH]c2=O)c1. The molecule has 0 radical (unpaired) electrons. The van der Waals surface area contributed by atoms with Gasteiger partial charge in [-0.25, -0.2) is 13.2 Å². The van der Waals surface area contributed by atoms with Gasteiger partial charge < -0.3 is 10.6 Å². The van der Waals surface area contributed by atoms with Gasteiger partial charge in [-0.2, -0.15) is 0 Å². The van der Waals surface area contributed by atoms with Gasteiger partial charge in [0.25, 0.3) is 21.5 Å². The highest BCUT2D eigenvalue weighted by atomic mass is 32.2. The Morgan fingerprint density at radius 2 is 1.76 bits per heavy atom. The van der Waals surface area contributed by atoms with Gasteiger partial charge in [-0.3, -0.25) is 24.0 Å². The minimum atomic E-state index is -4.00. The Morgan fingerprint density at radius 1 is 1.09 bits per heavy atom. The number of hydroxylamine groups is 1. The van der Waals surface area contributed by atoms with Crippen molar-refractivity contribution in [3.05, 3.63) is 86.6 Å². The number of nitrogen functional groups attached to an aromatic ring is 1. The van der Waals surface area contributed by atoms with E-state index in [0.29, 0.717) is 4.47 Å². The third-order valence-corrected chi connectivity index (χ3v) is 6.69. The summed E-state index contributed by atoms with van der Waals surface area (Å²) in [6, 6.07) is 14.2. The molecule has 3 aromatic rings. The summed E-state index contributed by atoms with van der Waals surface area (Å²) in [5.41, 5.74) is 5.08. The van der Waals surface area contributed by atoms with Gasteiger partial charge in [0.2, 0.25) is 0 Å². The highest BCUT2D eigenvalue weighted by Crippen LogP contribution is 2.21. The predicted octanol–water partition coefficient (Wildman–Crippen LogP) is 0.626. The van der Waals surface area contributed by atoms with Crippen LogP contribution in [-0.4, -0.2) is 49.5 Å². The van der Waals surface area contributed by atoms with Crippen LogP contribution in [0.4, 0.5) is 11.5 Å². The van der Waals surface area contributed by atoms with Gasteiger partial charge in [-0.1, -0.05) is 40.9 Å². The van der Waals surface area contributed by atoms with Crippen LogP contribution < -0.4 is 21.9 Å². The molecule has 0 spiro atoms. The zero-order valence-electron chi connectivity index (χ0n) is 18.2. The van der Waals surface area contributed by atoms with Gasteiger partial charge >= 0.3 is 5.69 Å². The molecule has 174 valence electrons. The average molecular weight is 474 g/mol. The van der Waals surface area contributed by atoms with E-state index in [4.69, 9.17) is 10.6 Å². The van der Waals surface area contributed by atoms with Crippen molar-refractivity contribution in [3.8, 4) is 0 Å². The highest BCUT2D eigenvalue weighted by molar-refractivity contribution is 7.89. The maximum atomic E-state index is 13.1. The molecule has 0 aliphatic heterocycles. The molecule has 0 aliphatic carbocycles. The lowest BCUT2D eigenvalue weighted by molar-refractivity contribution is -0.0258. The third-order valence-electron chi connectivity index (χ3n) is 5.01. The first-order valence-electron chi connectivity index (χ1n) is 9.65. The van der Waals surface area contributed by atoms with E-state index >= 15 is 0 Å². The number of aromatic amines is 1.